The van der Waals surface area contributed by atoms with Gasteiger partial charge in [-0.25, -0.2) is 13.2 Å². The molecule has 0 saturated heterocycles. The summed E-state index contributed by atoms with van der Waals surface area (Å²) in [4.78, 5) is 0. The number of rotatable bonds is 5. The van der Waals surface area contributed by atoms with Gasteiger partial charge in [-0.15, -0.1) is 0 Å². The van der Waals surface area contributed by atoms with Crippen LogP contribution in [-0.4, -0.2) is 19.6 Å². The lowest BCUT2D eigenvalue weighted by atomic mass is 10.1. The van der Waals surface area contributed by atoms with Crippen molar-refractivity contribution in [2.75, 3.05) is 13.2 Å². The fourth-order valence-electron chi connectivity index (χ4n) is 1.17. The number of hydrogen-bond donors (Lipinski definition) is 1. The molecule has 15 heavy (non-hydrogen) atoms. The lowest BCUT2D eigenvalue weighted by Gasteiger charge is -2.15. The zero-order valence-corrected chi connectivity index (χ0v) is 8.00. The molecule has 0 aliphatic heterocycles. The summed E-state index contributed by atoms with van der Waals surface area (Å²) in [6.07, 6.45) is -3.14. The minimum atomic E-state index is -2.53. The highest BCUT2D eigenvalue weighted by Gasteiger charge is 2.12. The van der Waals surface area contributed by atoms with E-state index in [0.29, 0.717) is 5.56 Å². The van der Waals surface area contributed by atoms with E-state index >= 15 is 0 Å². The highest BCUT2D eigenvalue weighted by molar-refractivity contribution is 5.18. The molecular weight excluding hydrogens is 207 g/mol. The summed E-state index contributed by atoms with van der Waals surface area (Å²) >= 11 is 0. The summed E-state index contributed by atoms with van der Waals surface area (Å²) in [5, 5.41) is 0. The summed E-state index contributed by atoms with van der Waals surface area (Å²) in [7, 11) is 0. The molecule has 1 atom stereocenters. The number of halogens is 3. The normalized spacial score (nSPS) is 13.1. The van der Waals surface area contributed by atoms with Crippen LogP contribution in [0.25, 0.3) is 0 Å². The number of hydrogen-bond acceptors (Lipinski definition) is 2. The van der Waals surface area contributed by atoms with Crippen molar-refractivity contribution >= 4 is 0 Å². The summed E-state index contributed by atoms with van der Waals surface area (Å²) < 4.78 is 41.2. The highest BCUT2D eigenvalue weighted by atomic mass is 19.3. The minimum absolute atomic E-state index is 0.0817. The van der Waals surface area contributed by atoms with Crippen LogP contribution in [0.2, 0.25) is 0 Å². The van der Waals surface area contributed by atoms with E-state index < -0.39 is 19.1 Å². The molecule has 84 valence electrons. The molecule has 0 aliphatic carbocycles. The Labute approximate surface area is 85.8 Å². The second kappa shape index (κ2) is 5.72. The Hall–Kier alpha value is -1.07. The molecule has 0 fully saturated rings. The zero-order chi connectivity index (χ0) is 11.3. The molecule has 5 heteroatoms. The molecule has 0 spiro atoms. The van der Waals surface area contributed by atoms with Gasteiger partial charge in [0, 0.05) is 6.54 Å². The summed E-state index contributed by atoms with van der Waals surface area (Å²) in [6.45, 7) is -0.586. The average Bonchev–Trinajstić information content (AvgIpc) is 2.21. The third-order valence-electron chi connectivity index (χ3n) is 1.88. The van der Waals surface area contributed by atoms with Gasteiger partial charge in [0.2, 0.25) is 0 Å². The molecule has 2 N–H and O–H groups in total. The molecule has 0 aliphatic rings. The Morgan fingerprint density at radius 2 is 1.80 bits per heavy atom. The van der Waals surface area contributed by atoms with Crippen LogP contribution in [0, 0.1) is 5.82 Å². The SMILES string of the molecule is NCC(OCC(F)F)c1ccc(F)cc1. The van der Waals surface area contributed by atoms with Gasteiger partial charge in [-0.05, 0) is 17.7 Å². The van der Waals surface area contributed by atoms with Crippen molar-refractivity contribution in [3.05, 3.63) is 35.6 Å². The fraction of sp³-hybridized carbons (Fsp3) is 0.400. The van der Waals surface area contributed by atoms with E-state index in [9.17, 15) is 13.2 Å². The Kier molecular flexibility index (Phi) is 4.58. The highest BCUT2D eigenvalue weighted by Crippen LogP contribution is 2.17. The molecule has 2 nitrogen and oxygen atoms in total. The first kappa shape index (κ1) is 12.0. The maximum atomic E-state index is 12.6. The molecule has 1 rings (SSSR count). The van der Waals surface area contributed by atoms with E-state index in [2.05, 4.69) is 0 Å². The van der Waals surface area contributed by atoms with Gasteiger partial charge in [0.25, 0.3) is 6.43 Å². The third kappa shape index (κ3) is 3.89. The lowest BCUT2D eigenvalue weighted by molar-refractivity contribution is -0.0217. The first-order chi connectivity index (χ1) is 7.13. The molecule has 0 amide bonds. The van der Waals surface area contributed by atoms with Gasteiger partial charge in [0.15, 0.2) is 0 Å². The Morgan fingerprint density at radius 3 is 2.27 bits per heavy atom. The van der Waals surface area contributed by atoms with Crippen molar-refractivity contribution in [3.8, 4) is 0 Å². The van der Waals surface area contributed by atoms with Gasteiger partial charge in [-0.1, -0.05) is 12.1 Å². The van der Waals surface area contributed by atoms with Crippen LogP contribution in [0.4, 0.5) is 13.2 Å². The van der Waals surface area contributed by atoms with Gasteiger partial charge < -0.3 is 10.5 Å². The second-order valence-corrected chi connectivity index (χ2v) is 3.00. The lowest BCUT2D eigenvalue weighted by Crippen LogP contribution is -2.18. The van der Waals surface area contributed by atoms with Crippen LogP contribution in [0.1, 0.15) is 11.7 Å². The van der Waals surface area contributed by atoms with Gasteiger partial charge in [-0.2, -0.15) is 0 Å². The first-order valence-electron chi connectivity index (χ1n) is 4.48. The van der Waals surface area contributed by atoms with Gasteiger partial charge >= 0.3 is 0 Å². The second-order valence-electron chi connectivity index (χ2n) is 3.00. The van der Waals surface area contributed by atoms with Crippen molar-refractivity contribution in [3.63, 3.8) is 0 Å². The molecule has 1 unspecified atom stereocenters. The Balaban J connectivity index is 2.61. The molecule has 0 radical (unpaired) electrons. The van der Waals surface area contributed by atoms with E-state index in [-0.39, 0.29) is 12.4 Å². The molecule has 1 aromatic rings. The van der Waals surface area contributed by atoms with E-state index in [1.807, 2.05) is 0 Å². The molecular formula is C10H12F3NO. The van der Waals surface area contributed by atoms with Crippen LogP contribution in [0.3, 0.4) is 0 Å². The van der Waals surface area contributed by atoms with E-state index in [0.717, 1.165) is 0 Å². The quantitative estimate of drug-likeness (QED) is 0.823. The average molecular weight is 219 g/mol. The van der Waals surface area contributed by atoms with Gasteiger partial charge in [0.1, 0.15) is 12.4 Å². The van der Waals surface area contributed by atoms with Crippen LogP contribution in [0.5, 0.6) is 0 Å². The number of benzene rings is 1. The number of alkyl halides is 2. The number of ether oxygens (including phenoxy) is 1. The topological polar surface area (TPSA) is 35.2 Å². The molecule has 0 saturated carbocycles. The Bertz CT molecular complexity index is 289. The Morgan fingerprint density at radius 1 is 1.20 bits per heavy atom. The van der Waals surface area contributed by atoms with Crippen molar-refractivity contribution in [2.45, 2.75) is 12.5 Å². The molecule has 1 aromatic carbocycles. The van der Waals surface area contributed by atoms with E-state index in [1.165, 1.54) is 24.3 Å². The first-order valence-corrected chi connectivity index (χ1v) is 4.48. The minimum Gasteiger partial charge on any atom is -0.366 e. The maximum absolute atomic E-state index is 12.6. The monoisotopic (exact) mass is 219 g/mol. The molecule has 0 aromatic heterocycles. The van der Waals surface area contributed by atoms with E-state index in [1.54, 1.807) is 0 Å². The predicted molar refractivity (Wildman–Crippen MR) is 50.2 cm³/mol. The summed E-state index contributed by atoms with van der Waals surface area (Å²) in [5.41, 5.74) is 5.96. The standard InChI is InChI=1S/C10H12F3NO/c11-8-3-1-7(2-4-8)9(5-14)15-6-10(12)13/h1-4,9-10H,5-6,14H2. The smallest absolute Gasteiger partial charge is 0.261 e. The summed E-state index contributed by atoms with van der Waals surface area (Å²) in [6, 6.07) is 5.42. The van der Waals surface area contributed by atoms with E-state index in [4.69, 9.17) is 10.5 Å². The predicted octanol–water partition coefficient (Wildman–Crippen LogP) is 2.11. The maximum Gasteiger partial charge on any atom is 0.261 e. The van der Waals surface area contributed by atoms with Crippen LogP contribution in [-0.2, 0) is 4.74 Å². The van der Waals surface area contributed by atoms with Crippen LogP contribution in [0.15, 0.2) is 24.3 Å². The van der Waals surface area contributed by atoms with Crippen molar-refractivity contribution in [1.82, 2.24) is 0 Å². The fourth-order valence-corrected chi connectivity index (χ4v) is 1.17. The zero-order valence-electron chi connectivity index (χ0n) is 8.00. The third-order valence-corrected chi connectivity index (χ3v) is 1.88. The molecule has 0 bridgehead atoms. The van der Waals surface area contributed by atoms with Crippen molar-refractivity contribution in [2.24, 2.45) is 5.73 Å². The largest absolute Gasteiger partial charge is 0.366 e. The van der Waals surface area contributed by atoms with Gasteiger partial charge in [0.05, 0.1) is 6.10 Å². The summed E-state index contributed by atoms with van der Waals surface area (Å²) in [5.74, 6) is -0.386. The number of nitrogens with two attached hydrogens (primary N) is 1. The van der Waals surface area contributed by atoms with Crippen molar-refractivity contribution in [1.29, 1.82) is 0 Å². The van der Waals surface area contributed by atoms with Crippen LogP contribution < -0.4 is 5.73 Å². The van der Waals surface area contributed by atoms with Crippen LogP contribution >= 0.6 is 0 Å². The molecule has 0 heterocycles. The van der Waals surface area contributed by atoms with Gasteiger partial charge in [-0.3, -0.25) is 0 Å². The van der Waals surface area contributed by atoms with Crippen molar-refractivity contribution < 1.29 is 17.9 Å².